The van der Waals surface area contributed by atoms with E-state index in [2.05, 4.69) is 22.7 Å². The number of benzene rings is 1. The molecule has 128 valence electrons. The summed E-state index contributed by atoms with van der Waals surface area (Å²) in [5.74, 6) is 0.783. The number of hydrogen-bond acceptors (Lipinski definition) is 4. The minimum atomic E-state index is -0.0462. The Balaban J connectivity index is 1.58. The Morgan fingerprint density at radius 3 is 2.92 bits per heavy atom. The van der Waals surface area contributed by atoms with Gasteiger partial charge in [-0.2, -0.15) is 5.10 Å². The summed E-state index contributed by atoms with van der Waals surface area (Å²) in [6, 6.07) is 8.52. The van der Waals surface area contributed by atoms with Crippen LogP contribution in [-0.2, 0) is 6.54 Å². The number of methoxy groups -OCH3 is 1. The summed E-state index contributed by atoms with van der Waals surface area (Å²) in [5, 5.41) is 10.8. The Labute approximate surface area is 142 Å². The second-order valence-corrected chi connectivity index (χ2v) is 6.32. The number of rotatable bonds is 5. The van der Waals surface area contributed by atoms with Gasteiger partial charge in [0, 0.05) is 18.3 Å². The van der Waals surface area contributed by atoms with Crippen molar-refractivity contribution >= 4 is 5.91 Å². The second kappa shape index (κ2) is 7.49. The number of amides is 1. The molecule has 2 N–H and O–H groups in total. The summed E-state index contributed by atoms with van der Waals surface area (Å²) in [5.41, 5.74) is 1.72. The maximum atomic E-state index is 12.4. The predicted octanol–water partition coefficient (Wildman–Crippen LogP) is 1.81. The van der Waals surface area contributed by atoms with Crippen LogP contribution in [0.2, 0.25) is 0 Å². The summed E-state index contributed by atoms with van der Waals surface area (Å²) < 4.78 is 6.93. The van der Waals surface area contributed by atoms with Crippen molar-refractivity contribution in [2.45, 2.75) is 38.4 Å². The van der Waals surface area contributed by atoms with Crippen molar-refractivity contribution in [2.24, 2.45) is 0 Å². The van der Waals surface area contributed by atoms with Crippen LogP contribution in [0.3, 0.4) is 0 Å². The van der Waals surface area contributed by atoms with Crippen molar-refractivity contribution in [1.82, 2.24) is 20.4 Å². The van der Waals surface area contributed by atoms with Crippen LogP contribution in [-0.4, -0.2) is 41.4 Å². The summed E-state index contributed by atoms with van der Waals surface area (Å²) in [4.78, 5) is 12.4. The molecule has 1 aromatic heterocycles. The third kappa shape index (κ3) is 4.14. The highest BCUT2D eigenvalue weighted by Gasteiger charge is 2.21. The number of piperidine rings is 1. The monoisotopic (exact) mass is 328 g/mol. The van der Waals surface area contributed by atoms with Gasteiger partial charge in [0.25, 0.3) is 5.91 Å². The van der Waals surface area contributed by atoms with E-state index in [-0.39, 0.29) is 11.9 Å². The highest BCUT2D eigenvalue weighted by molar-refractivity contribution is 5.93. The Bertz CT molecular complexity index is 681. The van der Waals surface area contributed by atoms with Gasteiger partial charge in [0.15, 0.2) is 0 Å². The average molecular weight is 328 g/mol. The second-order valence-electron chi connectivity index (χ2n) is 6.32. The maximum absolute atomic E-state index is 12.4. The fourth-order valence-corrected chi connectivity index (χ4v) is 3.02. The molecule has 1 aromatic carbocycles. The molecule has 2 aromatic rings. The van der Waals surface area contributed by atoms with Gasteiger partial charge in [-0.1, -0.05) is 12.1 Å². The number of aromatic nitrogens is 2. The molecule has 1 aliphatic rings. The Kier molecular flexibility index (Phi) is 5.15. The van der Waals surface area contributed by atoms with E-state index in [1.807, 2.05) is 24.3 Å². The predicted molar refractivity (Wildman–Crippen MR) is 92.3 cm³/mol. The lowest BCUT2D eigenvalue weighted by atomic mass is 10.0. The van der Waals surface area contributed by atoms with Crippen LogP contribution in [0.5, 0.6) is 5.75 Å². The first-order chi connectivity index (χ1) is 11.6. The van der Waals surface area contributed by atoms with Crippen LogP contribution in [0.1, 0.15) is 35.7 Å². The Hall–Kier alpha value is -2.34. The molecule has 0 bridgehead atoms. The molecule has 2 heterocycles. The molecule has 3 rings (SSSR count). The lowest BCUT2D eigenvalue weighted by Gasteiger charge is -2.28. The van der Waals surface area contributed by atoms with E-state index < -0.39 is 0 Å². The number of carbonyl (C=O) groups is 1. The maximum Gasteiger partial charge on any atom is 0.254 e. The van der Waals surface area contributed by atoms with Crippen LogP contribution in [0.25, 0.3) is 0 Å². The van der Waals surface area contributed by atoms with Gasteiger partial charge in [0.2, 0.25) is 0 Å². The van der Waals surface area contributed by atoms with Crippen LogP contribution in [0.15, 0.2) is 36.7 Å². The normalized spacial score (nSPS) is 20.6. The minimum Gasteiger partial charge on any atom is -0.497 e. The third-order valence-electron chi connectivity index (χ3n) is 4.36. The SMILES string of the molecule is COc1ccc(Cn2cc(C(=O)NC3CCNC(C)C3)cn2)cc1. The molecule has 0 aliphatic carbocycles. The van der Waals surface area contributed by atoms with Crippen molar-refractivity contribution in [3.8, 4) is 5.75 Å². The van der Waals surface area contributed by atoms with Crippen molar-refractivity contribution < 1.29 is 9.53 Å². The highest BCUT2D eigenvalue weighted by Crippen LogP contribution is 2.13. The van der Waals surface area contributed by atoms with Crippen LogP contribution < -0.4 is 15.4 Å². The van der Waals surface area contributed by atoms with Crippen LogP contribution in [0, 0.1) is 0 Å². The zero-order chi connectivity index (χ0) is 16.9. The van der Waals surface area contributed by atoms with E-state index in [9.17, 15) is 4.79 Å². The molecule has 2 unspecified atom stereocenters. The molecule has 1 aliphatic heterocycles. The largest absolute Gasteiger partial charge is 0.497 e. The van der Waals surface area contributed by atoms with Gasteiger partial charge in [0.1, 0.15) is 5.75 Å². The summed E-state index contributed by atoms with van der Waals surface area (Å²) >= 11 is 0. The molecule has 6 heteroatoms. The number of nitrogens with one attached hydrogen (secondary N) is 2. The van der Waals surface area contributed by atoms with E-state index in [0.29, 0.717) is 18.2 Å². The van der Waals surface area contributed by atoms with E-state index in [1.165, 1.54) is 0 Å². The third-order valence-corrected chi connectivity index (χ3v) is 4.36. The number of carbonyl (C=O) groups excluding carboxylic acids is 1. The zero-order valence-corrected chi connectivity index (χ0v) is 14.2. The molecule has 1 saturated heterocycles. The molecule has 0 spiro atoms. The molecule has 2 atom stereocenters. The van der Waals surface area contributed by atoms with Crippen molar-refractivity contribution in [2.75, 3.05) is 13.7 Å². The lowest BCUT2D eigenvalue weighted by molar-refractivity contribution is 0.0925. The van der Waals surface area contributed by atoms with Crippen LogP contribution >= 0.6 is 0 Å². The molecular weight excluding hydrogens is 304 g/mol. The Morgan fingerprint density at radius 2 is 2.21 bits per heavy atom. The molecule has 24 heavy (non-hydrogen) atoms. The molecular formula is C18H24N4O2. The first-order valence-electron chi connectivity index (χ1n) is 8.33. The van der Waals surface area contributed by atoms with Gasteiger partial charge >= 0.3 is 0 Å². The minimum absolute atomic E-state index is 0.0462. The quantitative estimate of drug-likeness (QED) is 0.878. The van der Waals surface area contributed by atoms with E-state index in [0.717, 1.165) is 30.7 Å². The van der Waals surface area contributed by atoms with Gasteiger partial charge in [-0.15, -0.1) is 0 Å². The van der Waals surface area contributed by atoms with Gasteiger partial charge in [-0.25, -0.2) is 0 Å². The lowest BCUT2D eigenvalue weighted by Crippen LogP contribution is -2.46. The first-order valence-corrected chi connectivity index (χ1v) is 8.33. The van der Waals surface area contributed by atoms with Crippen molar-refractivity contribution in [3.05, 3.63) is 47.8 Å². The van der Waals surface area contributed by atoms with E-state index >= 15 is 0 Å². The fraction of sp³-hybridized carbons (Fsp3) is 0.444. The molecule has 1 amide bonds. The standard InChI is InChI=1S/C18H24N4O2/c1-13-9-16(7-8-19-13)21-18(23)15-10-20-22(12-15)11-14-3-5-17(24-2)6-4-14/h3-6,10,12-13,16,19H,7-9,11H2,1-2H3,(H,21,23). The zero-order valence-electron chi connectivity index (χ0n) is 14.2. The van der Waals surface area contributed by atoms with Gasteiger partial charge < -0.3 is 15.4 Å². The smallest absolute Gasteiger partial charge is 0.254 e. The first kappa shape index (κ1) is 16.5. The molecule has 0 radical (unpaired) electrons. The highest BCUT2D eigenvalue weighted by atomic mass is 16.5. The van der Waals surface area contributed by atoms with Crippen molar-refractivity contribution in [3.63, 3.8) is 0 Å². The van der Waals surface area contributed by atoms with Crippen LogP contribution in [0.4, 0.5) is 0 Å². The number of nitrogens with zero attached hydrogens (tertiary/aromatic N) is 2. The summed E-state index contributed by atoms with van der Waals surface area (Å²) in [6.45, 7) is 3.72. The van der Waals surface area contributed by atoms with E-state index in [1.54, 1.807) is 24.2 Å². The van der Waals surface area contributed by atoms with Gasteiger partial charge in [-0.3, -0.25) is 9.48 Å². The van der Waals surface area contributed by atoms with Gasteiger partial charge in [0.05, 0.1) is 25.4 Å². The van der Waals surface area contributed by atoms with E-state index in [4.69, 9.17) is 4.74 Å². The fourth-order valence-electron chi connectivity index (χ4n) is 3.02. The number of hydrogen-bond donors (Lipinski definition) is 2. The summed E-state index contributed by atoms with van der Waals surface area (Å²) in [6.07, 6.45) is 5.36. The van der Waals surface area contributed by atoms with Crippen molar-refractivity contribution in [1.29, 1.82) is 0 Å². The number of ether oxygens (including phenoxy) is 1. The summed E-state index contributed by atoms with van der Waals surface area (Å²) in [7, 11) is 1.65. The van der Waals surface area contributed by atoms with Gasteiger partial charge in [-0.05, 0) is 44.0 Å². The topological polar surface area (TPSA) is 68.2 Å². The average Bonchev–Trinajstić information content (AvgIpc) is 3.04. The molecule has 1 fully saturated rings. The Morgan fingerprint density at radius 1 is 1.42 bits per heavy atom. The molecule has 6 nitrogen and oxygen atoms in total. The molecule has 0 saturated carbocycles.